The van der Waals surface area contributed by atoms with Crippen molar-refractivity contribution in [2.24, 2.45) is 5.73 Å². The van der Waals surface area contributed by atoms with Gasteiger partial charge in [0.25, 0.3) is 0 Å². The molecule has 1 aromatic heterocycles. The average molecular weight is 209 g/mol. The van der Waals surface area contributed by atoms with Crippen LogP contribution in [-0.4, -0.2) is 10.8 Å². The fourth-order valence-corrected chi connectivity index (χ4v) is 0.565. The van der Waals surface area contributed by atoms with E-state index in [1.807, 2.05) is 0 Å². The smallest absolute Gasteiger partial charge is 0.124 e. The molecule has 0 saturated carbocycles. The number of amidine groups is 1. The lowest BCUT2D eigenvalue weighted by Crippen LogP contribution is -2.11. The molecule has 0 bridgehead atoms. The van der Waals surface area contributed by atoms with E-state index in [0.29, 0.717) is 11.4 Å². The van der Waals surface area contributed by atoms with Crippen molar-refractivity contribution in [3.8, 4) is 0 Å². The molecule has 4 nitrogen and oxygen atoms in total. The summed E-state index contributed by atoms with van der Waals surface area (Å²) in [6.45, 7) is 0. The van der Waals surface area contributed by atoms with Gasteiger partial charge in [-0.3, -0.25) is 5.41 Å². The molecule has 0 aromatic carbocycles. The molecule has 0 amide bonds. The zero-order chi connectivity index (χ0) is 7.56. The molecule has 0 unspecified atom stereocenters. The highest BCUT2D eigenvalue weighted by Crippen LogP contribution is 1.98. The van der Waals surface area contributed by atoms with Crippen molar-refractivity contribution in [1.29, 1.82) is 5.41 Å². The van der Waals surface area contributed by atoms with Crippen molar-refractivity contribution in [3.63, 3.8) is 0 Å². The second-order valence-electron chi connectivity index (χ2n) is 1.89. The number of rotatable bonds is 1. The molecule has 0 aliphatic rings. The van der Waals surface area contributed by atoms with Gasteiger partial charge in [-0.25, -0.2) is 4.98 Å². The van der Waals surface area contributed by atoms with Crippen LogP contribution in [0.2, 0.25) is 0 Å². The minimum atomic E-state index is 0. The molecule has 5 N–H and O–H groups in total. The molecule has 0 fully saturated rings. The van der Waals surface area contributed by atoms with Gasteiger partial charge in [-0.2, -0.15) is 0 Å². The molecule has 0 spiro atoms. The molecule has 1 heterocycles. The number of halogens is 2. The van der Waals surface area contributed by atoms with E-state index < -0.39 is 0 Å². The summed E-state index contributed by atoms with van der Waals surface area (Å²) in [7, 11) is 0. The predicted octanol–water partition coefficient (Wildman–Crippen LogP) is 0.791. The summed E-state index contributed by atoms with van der Waals surface area (Å²) in [4.78, 5) is 3.76. The number of nitrogens with zero attached hydrogens (tertiary/aromatic N) is 1. The molecule has 0 radical (unpaired) electrons. The van der Waals surface area contributed by atoms with Crippen molar-refractivity contribution in [2.75, 3.05) is 5.73 Å². The summed E-state index contributed by atoms with van der Waals surface area (Å²) < 4.78 is 0. The molecule has 0 aliphatic heterocycles. The largest absolute Gasteiger partial charge is 0.384 e. The summed E-state index contributed by atoms with van der Waals surface area (Å²) in [6.07, 6.45) is 1.47. The van der Waals surface area contributed by atoms with Gasteiger partial charge in [0.15, 0.2) is 0 Å². The second-order valence-corrected chi connectivity index (χ2v) is 1.89. The van der Waals surface area contributed by atoms with Crippen molar-refractivity contribution < 1.29 is 0 Å². The molecule has 0 saturated heterocycles. The predicted molar refractivity (Wildman–Crippen MR) is 54.2 cm³/mol. The highest BCUT2D eigenvalue weighted by Gasteiger charge is 1.93. The quantitative estimate of drug-likeness (QED) is 0.471. The van der Waals surface area contributed by atoms with E-state index >= 15 is 0 Å². The van der Waals surface area contributed by atoms with Crippen LogP contribution in [0.3, 0.4) is 0 Å². The average Bonchev–Trinajstić information content (AvgIpc) is 1.88. The van der Waals surface area contributed by atoms with Crippen molar-refractivity contribution in [2.45, 2.75) is 0 Å². The molecule has 1 rings (SSSR count). The fraction of sp³-hybridized carbons (Fsp3) is 0. The summed E-state index contributed by atoms with van der Waals surface area (Å²) in [6, 6.07) is 3.27. The molecule has 0 atom stereocenters. The Morgan fingerprint density at radius 1 is 1.33 bits per heavy atom. The molecule has 1 aromatic rings. The molecule has 68 valence electrons. The molecular formula is C6H10Cl2N4. The SMILES string of the molecule is Cl.Cl.N=C(N)c1ccc(N)nc1. The van der Waals surface area contributed by atoms with Crippen LogP contribution in [0.15, 0.2) is 18.3 Å². The molecular weight excluding hydrogens is 199 g/mol. The lowest BCUT2D eigenvalue weighted by Gasteiger charge is -1.95. The lowest BCUT2D eigenvalue weighted by molar-refractivity contribution is 1.30. The van der Waals surface area contributed by atoms with Crippen LogP contribution in [0.4, 0.5) is 5.82 Å². The summed E-state index contributed by atoms with van der Waals surface area (Å²) in [5.41, 5.74) is 11.1. The van der Waals surface area contributed by atoms with E-state index in [1.54, 1.807) is 12.1 Å². The summed E-state index contributed by atoms with van der Waals surface area (Å²) >= 11 is 0. The highest BCUT2D eigenvalue weighted by atomic mass is 35.5. The third kappa shape index (κ3) is 3.41. The minimum Gasteiger partial charge on any atom is -0.384 e. The Kier molecular flexibility index (Phi) is 6.37. The first-order valence-corrected chi connectivity index (χ1v) is 2.76. The number of nitrogens with two attached hydrogens (primary N) is 2. The zero-order valence-electron chi connectivity index (χ0n) is 6.15. The van der Waals surface area contributed by atoms with Crippen LogP contribution in [-0.2, 0) is 0 Å². The van der Waals surface area contributed by atoms with Crippen LogP contribution in [0.25, 0.3) is 0 Å². The van der Waals surface area contributed by atoms with Crippen molar-refractivity contribution >= 4 is 36.5 Å². The van der Waals surface area contributed by atoms with E-state index in [9.17, 15) is 0 Å². The van der Waals surface area contributed by atoms with Gasteiger partial charge in [-0.15, -0.1) is 24.8 Å². The summed E-state index contributed by atoms with van der Waals surface area (Å²) in [5, 5.41) is 7.00. The first-order valence-electron chi connectivity index (χ1n) is 2.76. The van der Waals surface area contributed by atoms with Crippen LogP contribution >= 0.6 is 24.8 Å². The monoisotopic (exact) mass is 208 g/mol. The van der Waals surface area contributed by atoms with E-state index in [1.165, 1.54) is 6.20 Å². The normalized spacial score (nSPS) is 7.67. The highest BCUT2D eigenvalue weighted by molar-refractivity contribution is 5.94. The Labute approximate surface area is 82.7 Å². The van der Waals surface area contributed by atoms with E-state index in [4.69, 9.17) is 16.9 Å². The Hall–Kier alpha value is -1.00. The van der Waals surface area contributed by atoms with Gasteiger partial charge in [0.2, 0.25) is 0 Å². The lowest BCUT2D eigenvalue weighted by atomic mass is 10.3. The van der Waals surface area contributed by atoms with Gasteiger partial charge >= 0.3 is 0 Å². The van der Waals surface area contributed by atoms with E-state index in [2.05, 4.69) is 4.98 Å². The van der Waals surface area contributed by atoms with Gasteiger partial charge in [0.05, 0.1) is 0 Å². The Balaban J connectivity index is 0. The number of aromatic nitrogens is 1. The molecule has 6 heteroatoms. The fourth-order valence-electron chi connectivity index (χ4n) is 0.565. The third-order valence-electron chi connectivity index (χ3n) is 1.10. The maximum atomic E-state index is 7.00. The first kappa shape index (κ1) is 13.6. The number of anilines is 1. The topological polar surface area (TPSA) is 88.8 Å². The maximum absolute atomic E-state index is 7.00. The minimum absolute atomic E-state index is 0. The number of nitrogen functional groups attached to an aromatic ring is 2. The van der Waals surface area contributed by atoms with Gasteiger partial charge in [-0.1, -0.05) is 0 Å². The van der Waals surface area contributed by atoms with Gasteiger partial charge < -0.3 is 11.5 Å². The standard InChI is InChI=1S/C6H8N4.2ClH/c7-5-2-1-4(3-10-5)6(8)9;;/h1-3H,(H2,7,10)(H3,8,9);2*1H. The number of nitrogens with one attached hydrogen (secondary N) is 1. The van der Waals surface area contributed by atoms with Gasteiger partial charge in [-0.05, 0) is 12.1 Å². The van der Waals surface area contributed by atoms with E-state index in [0.717, 1.165) is 0 Å². The first-order chi connectivity index (χ1) is 4.70. The summed E-state index contributed by atoms with van der Waals surface area (Å²) in [5.74, 6) is 0.442. The van der Waals surface area contributed by atoms with Crippen LogP contribution < -0.4 is 11.5 Å². The van der Waals surface area contributed by atoms with Crippen molar-refractivity contribution in [1.82, 2.24) is 4.98 Å². The van der Waals surface area contributed by atoms with Crippen LogP contribution in [0.1, 0.15) is 5.56 Å². The molecule has 0 aliphatic carbocycles. The third-order valence-corrected chi connectivity index (χ3v) is 1.10. The van der Waals surface area contributed by atoms with Crippen LogP contribution in [0, 0.1) is 5.41 Å². The van der Waals surface area contributed by atoms with Crippen molar-refractivity contribution in [3.05, 3.63) is 23.9 Å². The van der Waals surface area contributed by atoms with E-state index in [-0.39, 0.29) is 30.6 Å². The number of hydrogen-bond acceptors (Lipinski definition) is 3. The van der Waals surface area contributed by atoms with Gasteiger partial charge in [0, 0.05) is 11.8 Å². The Morgan fingerprint density at radius 3 is 2.25 bits per heavy atom. The number of pyridine rings is 1. The Morgan fingerprint density at radius 2 is 1.92 bits per heavy atom. The number of hydrogen-bond donors (Lipinski definition) is 3. The Bertz CT molecular complexity index is 246. The maximum Gasteiger partial charge on any atom is 0.124 e. The van der Waals surface area contributed by atoms with Gasteiger partial charge in [0.1, 0.15) is 11.7 Å². The second kappa shape index (κ2) is 5.62. The molecule has 12 heavy (non-hydrogen) atoms. The van der Waals surface area contributed by atoms with Crippen LogP contribution in [0.5, 0.6) is 0 Å². The zero-order valence-corrected chi connectivity index (χ0v) is 7.78.